The summed E-state index contributed by atoms with van der Waals surface area (Å²) in [5.74, 6) is 0.288. The van der Waals surface area contributed by atoms with E-state index in [9.17, 15) is 9.59 Å². The molecule has 0 radical (unpaired) electrons. The second-order valence-corrected chi connectivity index (χ2v) is 9.30. The van der Waals surface area contributed by atoms with Crippen molar-refractivity contribution in [3.8, 4) is 0 Å². The number of hydrogen-bond donors (Lipinski definition) is 2. The first-order valence-electron chi connectivity index (χ1n) is 11.1. The van der Waals surface area contributed by atoms with Gasteiger partial charge in [0, 0.05) is 40.8 Å². The number of carbonyl (C=O) groups excluding carboxylic acids is 2. The van der Waals surface area contributed by atoms with Crippen molar-refractivity contribution in [2.24, 2.45) is 0 Å². The molecule has 2 aromatic carbocycles. The molecule has 1 aliphatic heterocycles. The number of H-pyrrole nitrogens is 1. The van der Waals surface area contributed by atoms with Crippen LogP contribution in [0.2, 0.25) is 0 Å². The molecule has 5 aromatic rings. The van der Waals surface area contributed by atoms with Crippen LogP contribution in [0.5, 0.6) is 0 Å². The van der Waals surface area contributed by atoms with Crippen molar-refractivity contribution in [2.75, 3.05) is 18.4 Å². The number of fused-ring (bicyclic) bond motifs is 2. The van der Waals surface area contributed by atoms with E-state index >= 15 is 0 Å². The van der Waals surface area contributed by atoms with Gasteiger partial charge in [-0.25, -0.2) is 4.98 Å². The molecule has 1 saturated heterocycles. The lowest BCUT2D eigenvalue weighted by atomic mass is 9.97. The molecule has 2 N–H and O–H groups in total. The van der Waals surface area contributed by atoms with Crippen LogP contribution >= 0.6 is 11.3 Å². The highest BCUT2D eigenvalue weighted by atomic mass is 32.1. The molecule has 1 fully saturated rings. The minimum Gasteiger partial charge on any atom is -0.451 e. The summed E-state index contributed by atoms with van der Waals surface area (Å²) < 4.78 is 5.74. The maximum absolute atomic E-state index is 12.9. The van der Waals surface area contributed by atoms with Gasteiger partial charge >= 0.3 is 0 Å². The number of benzene rings is 2. The number of hydrogen-bond acceptors (Lipinski definition) is 6. The van der Waals surface area contributed by atoms with E-state index in [1.54, 1.807) is 17.6 Å². The molecule has 170 valence electrons. The molecule has 0 bridgehead atoms. The second-order valence-electron chi connectivity index (χ2n) is 8.41. The average Bonchev–Trinajstić information content (AvgIpc) is 3.62. The number of carbonyl (C=O) groups is 2. The molecule has 6 rings (SSSR count). The zero-order chi connectivity index (χ0) is 23.1. The van der Waals surface area contributed by atoms with Gasteiger partial charge in [-0.05, 0) is 43.2 Å². The van der Waals surface area contributed by atoms with Crippen LogP contribution in [-0.2, 0) is 0 Å². The van der Waals surface area contributed by atoms with Gasteiger partial charge in [0.05, 0.1) is 16.7 Å². The van der Waals surface area contributed by atoms with Crippen LogP contribution in [0.15, 0.2) is 64.5 Å². The lowest BCUT2D eigenvalue weighted by molar-refractivity contribution is 0.0683. The first-order chi connectivity index (χ1) is 16.6. The van der Waals surface area contributed by atoms with E-state index in [0.717, 1.165) is 39.7 Å². The molecule has 2 amide bonds. The number of piperidine rings is 1. The fraction of sp³-hybridized carbons (Fsp3) is 0.200. The molecular formula is C25H21N5O3S. The highest BCUT2D eigenvalue weighted by Gasteiger charge is 2.28. The number of para-hydroxylation sites is 1. The highest BCUT2D eigenvalue weighted by molar-refractivity contribution is 7.10. The Hall–Kier alpha value is -3.98. The Morgan fingerprint density at radius 3 is 2.79 bits per heavy atom. The van der Waals surface area contributed by atoms with Crippen LogP contribution < -0.4 is 5.32 Å². The van der Waals surface area contributed by atoms with E-state index in [1.165, 1.54) is 11.3 Å². The molecule has 8 nitrogen and oxygen atoms in total. The minimum atomic E-state index is -0.237. The predicted octanol–water partition coefficient (Wildman–Crippen LogP) is 5.04. The summed E-state index contributed by atoms with van der Waals surface area (Å²) in [6.45, 7) is 1.26. The van der Waals surface area contributed by atoms with E-state index in [4.69, 9.17) is 4.42 Å². The molecule has 0 unspecified atom stereocenters. The van der Waals surface area contributed by atoms with Crippen LogP contribution in [0, 0.1) is 0 Å². The number of likely N-dealkylation sites (tertiary alicyclic amines) is 1. The fourth-order valence-electron chi connectivity index (χ4n) is 4.36. The maximum Gasteiger partial charge on any atom is 0.289 e. The largest absolute Gasteiger partial charge is 0.451 e. The monoisotopic (exact) mass is 471 g/mol. The molecule has 9 heteroatoms. The highest BCUT2D eigenvalue weighted by Crippen LogP contribution is 2.31. The van der Waals surface area contributed by atoms with Crippen LogP contribution in [0.25, 0.3) is 21.9 Å². The van der Waals surface area contributed by atoms with E-state index in [2.05, 4.69) is 20.5 Å². The quantitative estimate of drug-likeness (QED) is 0.382. The molecule has 34 heavy (non-hydrogen) atoms. The Bertz CT molecular complexity index is 1480. The number of furan rings is 1. The summed E-state index contributed by atoms with van der Waals surface area (Å²) in [7, 11) is 0. The number of nitrogens with one attached hydrogen (secondary N) is 2. The van der Waals surface area contributed by atoms with Crippen LogP contribution in [0.1, 0.15) is 44.8 Å². The molecule has 0 saturated carbocycles. The lowest BCUT2D eigenvalue weighted by Crippen LogP contribution is -2.37. The van der Waals surface area contributed by atoms with Crippen LogP contribution in [0.3, 0.4) is 0 Å². The summed E-state index contributed by atoms with van der Waals surface area (Å²) in [4.78, 5) is 32.0. The Labute approximate surface area is 198 Å². The van der Waals surface area contributed by atoms with E-state index in [0.29, 0.717) is 30.2 Å². The second kappa shape index (κ2) is 8.42. The molecule has 0 spiro atoms. The number of rotatable bonds is 4. The van der Waals surface area contributed by atoms with Gasteiger partial charge in [0.2, 0.25) is 0 Å². The first-order valence-corrected chi connectivity index (χ1v) is 12.0. The Morgan fingerprint density at radius 2 is 1.94 bits per heavy atom. The molecule has 4 heterocycles. The number of nitrogens with zero attached hydrogens (tertiary/aromatic N) is 3. The number of anilines is 1. The summed E-state index contributed by atoms with van der Waals surface area (Å²) in [6, 6.07) is 15.0. The van der Waals surface area contributed by atoms with Crippen molar-refractivity contribution in [3.63, 3.8) is 0 Å². The SMILES string of the molecule is O=C(Nc1ccc2cn[nH]c2c1)c1csc(C2CCN(C(=O)c3cc4ccccc4o3)CC2)n1. The van der Waals surface area contributed by atoms with Gasteiger partial charge < -0.3 is 14.6 Å². The molecule has 0 aliphatic carbocycles. The van der Waals surface area contributed by atoms with E-state index in [1.807, 2.05) is 47.4 Å². The van der Waals surface area contributed by atoms with Crippen LogP contribution in [-0.4, -0.2) is 45.0 Å². The molecular weight excluding hydrogens is 450 g/mol. The van der Waals surface area contributed by atoms with Crippen molar-refractivity contribution in [1.29, 1.82) is 0 Å². The maximum atomic E-state index is 12.9. The predicted molar refractivity (Wildman–Crippen MR) is 130 cm³/mol. The van der Waals surface area contributed by atoms with Gasteiger partial charge in [-0.2, -0.15) is 5.10 Å². The van der Waals surface area contributed by atoms with Gasteiger partial charge in [0.15, 0.2) is 5.76 Å². The summed E-state index contributed by atoms with van der Waals surface area (Å²) in [6.07, 6.45) is 3.34. The van der Waals surface area contributed by atoms with Crippen molar-refractivity contribution in [3.05, 3.63) is 76.6 Å². The topological polar surface area (TPSA) is 104 Å². The van der Waals surface area contributed by atoms with Gasteiger partial charge in [-0.1, -0.05) is 18.2 Å². The van der Waals surface area contributed by atoms with Crippen molar-refractivity contribution in [1.82, 2.24) is 20.1 Å². The smallest absolute Gasteiger partial charge is 0.289 e. The van der Waals surface area contributed by atoms with Gasteiger partial charge in [0.1, 0.15) is 11.3 Å². The minimum absolute atomic E-state index is 0.0805. The van der Waals surface area contributed by atoms with E-state index in [-0.39, 0.29) is 17.7 Å². The third-order valence-electron chi connectivity index (χ3n) is 6.22. The third-order valence-corrected chi connectivity index (χ3v) is 7.23. The third kappa shape index (κ3) is 3.84. The Morgan fingerprint density at radius 1 is 1.09 bits per heavy atom. The fourth-order valence-corrected chi connectivity index (χ4v) is 5.33. The van der Waals surface area contributed by atoms with Crippen molar-refractivity contribution in [2.45, 2.75) is 18.8 Å². The zero-order valence-corrected chi connectivity index (χ0v) is 19.0. The Balaban J connectivity index is 1.08. The van der Waals surface area contributed by atoms with Crippen molar-refractivity contribution < 1.29 is 14.0 Å². The average molecular weight is 472 g/mol. The summed E-state index contributed by atoms with van der Waals surface area (Å²) in [5, 5.41) is 14.4. The van der Waals surface area contributed by atoms with Crippen molar-refractivity contribution >= 4 is 50.7 Å². The zero-order valence-electron chi connectivity index (χ0n) is 18.2. The first kappa shape index (κ1) is 20.6. The normalized spacial score (nSPS) is 14.6. The van der Waals surface area contributed by atoms with E-state index < -0.39 is 0 Å². The summed E-state index contributed by atoms with van der Waals surface area (Å²) >= 11 is 1.50. The summed E-state index contributed by atoms with van der Waals surface area (Å²) in [5.41, 5.74) is 2.68. The number of amides is 2. The van der Waals surface area contributed by atoms with Gasteiger partial charge in [0.25, 0.3) is 11.8 Å². The number of aromatic amines is 1. The molecule has 0 atom stereocenters. The molecule has 3 aromatic heterocycles. The number of aromatic nitrogens is 3. The standard InChI is InChI=1S/C25H21N5O3S/c31-23(27-18-6-5-17-13-26-29-19(17)12-18)20-14-34-24(28-20)15-7-9-30(10-8-15)25(32)22-11-16-3-1-2-4-21(16)33-22/h1-6,11-15H,7-10H2,(H,26,29)(H,27,31). The number of thiazole rings is 1. The van der Waals surface area contributed by atoms with Crippen LogP contribution in [0.4, 0.5) is 5.69 Å². The van der Waals surface area contributed by atoms with Gasteiger partial charge in [-0.15, -0.1) is 11.3 Å². The Kier molecular flexibility index (Phi) is 5.10. The molecule has 1 aliphatic rings. The van der Waals surface area contributed by atoms with Gasteiger partial charge in [-0.3, -0.25) is 14.7 Å². The lowest BCUT2D eigenvalue weighted by Gasteiger charge is -2.30.